The third-order valence-corrected chi connectivity index (χ3v) is 5.47. The standard InChI is InChI=1S/C18H25N5O3/c24-17(20-8-12-4-1-2-6-19-12)14-10-23(9-13-5-3-7-26-13)11-15-16(14)21-22-18(15)25/h1-2,4,6,13-16,21H,3,5,7-11H2,(H,20,24)(H,22,25). The number of nitrogens with zero attached hydrogens (tertiary/aromatic N) is 2. The lowest BCUT2D eigenvalue weighted by Gasteiger charge is -2.39. The molecule has 0 spiro atoms. The maximum absolute atomic E-state index is 12.8. The number of rotatable bonds is 5. The van der Waals surface area contributed by atoms with Crippen LogP contribution in [-0.4, -0.2) is 60.1 Å². The summed E-state index contributed by atoms with van der Waals surface area (Å²) < 4.78 is 5.73. The van der Waals surface area contributed by atoms with Crippen LogP contribution in [0, 0.1) is 11.8 Å². The van der Waals surface area contributed by atoms with E-state index in [1.54, 1.807) is 6.20 Å². The first-order chi connectivity index (χ1) is 12.7. The smallest absolute Gasteiger partial charge is 0.240 e. The predicted octanol–water partition coefficient (Wildman–Crippen LogP) is -0.572. The average molecular weight is 359 g/mol. The molecular weight excluding hydrogens is 334 g/mol. The van der Waals surface area contributed by atoms with E-state index < -0.39 is 0 Å². The van der Waals surface area contributed by atoms with Gasteiger partial charge in [-0.15, -0.1) is 0 Å². The normalized spacial score (nSPS) is 31.5. The molecular formula is C18H25N5O3. The molecule has 8 heteroatoms. The largest absolute Gasteiger partial charge is 0.377 e. The van der Waals surface area contributed by atoms with Gasteiger partial charge in [0.2, 0.25) is 11.8 Å². The fourth-order valence-corrected chi connectivity index (χ4v) is 4.12. The van der Waals surface area contributed by atoms with E-state index in [1.807, 2.05) is 18.2 Å². The average Bonchev–Trinajstić information content (AvgIpc) is 3.30. The van der Waals surface area contributed by atoms with Crippen LogP contribution < -0.4 is 16.2 Å². The van der Waals surface area contributed by atoms with Gasteiger partial charge >= 0.3 is 0 Å². The minimum Gasteiger partial charge on any atom is -0.377 e. The molecule has 8 nitrogen and oxygen atoms in total. The van der Waals surface area contributed by atoms with Gasteiger partial charge in [-0.1, -0.05) is 6.07 Å². The molecule has 1 aromatic heterocycles. The first-order valence-electron chi connectivity index (χ1n) is 9.27. The number of hydrogen-bond acceptors (Lipinski definition) is 6. The number of fused-ring (bicyclic) bond motifs is 1. The number of carbonyl (C=O) groups excluding carboxylic acids is 2. The summed E-state index contributed by atoms with van der Waals surface area (Å²) in [6.45, 7) is 3.26. The van der Waals surface area contributed by atoms with E-state index in [1.165, 1.54) is 0 Å². The van der Waals surface area contributed by atoms with Gasteiger partial charge in [-0.25, -0.2) is 5.43 Å². The molecule has 0 radical (unpaired) electrons. The highest BCUT2D eigenvalue weighted by atomic mass is 16.5. The topological polar surface area (TPSA) is 95.6 Å². The van der Waals surface area contributed by atoms with Crippen molar-refractivity contribution in [2.24, 2.45) is 11.8 Å². The molecule has 3 saturated heterocycles. The van der Waals surface area contributed by atoms with Crippen molar-refractivity contribution >= 4 is 11.8 Å². The lowest BCUT2D eigenvalue weighted by Crippen LogP contribution is -2.57. The fourth-order valence-electron chi connectivity index (χ4n) is 4.12. The highest BCUT2D eigenvalue weighted by Gasteiger charge is 2.47. The van der Waals surface area contributed by atoms with Crippen LogP contribution in [0.1, 0.15) is 18.5 Å². The minimum absolute atomic E-state index is 0.0328. The summed E-state index contributed by atoms with van der Waals surface area (Å²) in [4.78, 5) is 31.4. The summed E-state index contributed by atoms with van der Waals surface area (Å²) in [7, 11) is 0. The lowest BCUT2D eigenvalue weighted by molar-refractivity contribution is -0.130. The number of likely N-dealkylation sites (tertiary alicyclic amines) is 1. The van der Waals surface area contributed by atoms with Crippen molar-refractivity contribution in [1.82, 2.24) is 26.1 Å². The van der Waals surface area contributed by atoms with Crippen LogP contribution in [0.25, 0.3) is 0 Å². The monoisotopic (exact) mass is 359 g/mol. The van der Waals surface area contributed by atoms with Gasteiger partial charge in [0, 0.05) is 32.4 Å². The second kappa shape index (κ2) is 7.69. The van der Waals surface area contributed by atoms with Gasteiger partial charge in [0.05, 0.1) is 36.2 Å². The predicted molar refractivity (Wildman–Crippen MR) is 93.5 cm³/mol. The van der Waals surface area contributed by atoms with E-state index >= 15 is 0 Å². The van der Waals surface area contributed by atoms with Gasteiger partial charge in [-0.3, -0.25) is 24.9 Å². The second-order valence-electron chi connectivity index (χ2n) is 7.26. The Kier molecular flexibility index (Phi) is 5.14. The Hall–Kier alpha value is -2.03. The first kappa shape index (κ1) is 17.4. The van der Waals surface area contributed by atoms with Crippen molar-refractivity contribution in [1.29, 1.82) is 0 Å². The summed E-state index contributed by atoms with van der Waals surface area (Å²) in [5.41, 5.74) is 6.53. The van der Waals surface area contributed by atoms with Crippen LogP contribution in [0.3, 0.4) is 0 Å². The molecule has 0 saturated carbocycles. The van der Waals surface area contributed by atoms with Crippen molar-refractivity contribution in [3.05, 3.63) is 30.1 Å². The van der Waals surface area contributed by atoms with Gasteiger partial charge in [0.15, 0.2) is 0 Å². The van der Waals surface area contributed by atoms with Crippen LogP contribution >= 0.6 is 0 Å². The van der Waals surface area contributed by atoms with E-state index in [0.29, 0.717) is 19.6 Å². The number of piperidine rings is 1. The molecule has 140 valence electrons. The Morgan fingerprint density at radius 3 is 3.08 bits per heavy atom. The Balaban J connectivity index is 1.41. The number of nitrogens with one attached hydrogen (secondary N) is 3. The van der Waals surface area contributed by atoms with Crippen LogP contribution in [-0.2, 0) is 20.9 Å². The fraction of sp³-hybridized carbons (Fsp3) is 0.611. The maximum Gasteiger partial charge on any atom is 0.240 e. The van der Waals surface area contributed by atoms with E-state index in [4.69, 9.17) is 4.74 Å². The van der Waals surface area contributed by atoms with Crippen molar-refractivity contribution in [3.8, 4) is 0 Å². The van der Waals surface area contributed by atoms with Crippen molar-refractivity contribution < 1.29 is 14.3 Å². The molecule has 1 aromatic rings. The molecule has 3 aliphatic heterocycles. The Bertz CT molecular complexity index is 649. The molecule has 2 amide bonds. The molecule has 0 bridgehead atoms. The van der Waals surface area contributed by atoms with Gasteiger partial charge < -0.3 is 10.1 Å². The molecule has 4 rings (SSSR count). The minimum atomic E-state index is -0.294. The van der Waals surface area contributed by atoms with E-state index in [9.17, 15) is 9.59 Å². The summed E-state index contributed by atoms with van der Waals surface area (Å²) in [5, 5.41) is 2.97. The number of ether oxygens (including phenoxy) is 1. The third-order valence-electron chi connectivity index (χ3n) is 5.47. The zero-order valence-electron chi connectivity index (χ0n) is 14.7. The van der Waals surface area contributed by atoms with Crippen molar-refractivity contribution in [3.63, 3.8) is 0 Å². The molecule has 4 atom stereocenters. The molecule has 3 N–H and O–H groups in total. The summed E-state index contributed by atoms with van der Waals surface area (Å²) in [6.07, 6.45) is 4.05. The molecule has 26 heavy (non-hydrogen) atoms. The Morgan fingerprint density at radius 2 is 2.31 bits per heavy atom. The number of pyridine rings is 1. The molecule has 3 aliphatic rings. The van der Waals surface area contributed by atoms with Crippen molar-refractivity contribution in [2.45, 2.75) is 31.5 Å². The number of aromatic nitrogens is 1. The van der Waals surface area contributed by atoms with Crippen molar-refractivity contribution in [2.75, 3.05) is 26.2 Å². The summed E-state index contributed by atoms with van der Waals surface area (Å²) >= 11 is 0. The van der Waals surface area contributed by atoms with Gasteiger partial charge in [-0.05, 0) is 25.0 Å². The maximum atomic E-state index is 12.8. The highest BCUT2D eigenvalue weighted by molar-refractivity contribution is 5.85. The van der Waals surface area contributed by atoms with Gasteiger partial charge in [0.1, 0.15) is 0 Å². The summed E-state index contributed by atoms with van der Waals surface area (Å²) in [6, 6.07) is 5.45. The van der Waals surface area contributed by atoms with Crippen LogP contribution in [0.2, 0.25) is 0 Å². The van der Waals surface area contributed by atoms with Gasteiger partial charge in [-0.2, -0.15) is 0 Å². The SMILES string of the molecule is O=C(NCc1ccccn1)C1CN(CC2CCCO2)CC2C(=O)NNC12. The van der Waals surface area contributed by atoms with Crippen LogP contribution in [0.15, 0.2) is 24.4 Å². The zero-order chi connectivity index (χ0) is 17.9. The van der Waals surface area contributed by atoms with E-state index in [2.05, 4.69) is 26.1 Å². The first-order valence-corrected chi connectivity index (χ1v) is 9.27. The Labute approximate surface area is 152 Å². The lowest BCUT2D eigenvalue weighted by atomic mass is 9.83. The van der Waals surface area contributed by atoms with E-state index in [0.717, 1.165) is 31.7 Å². The van der Waals surface area contributed by atoms with Crippen LogP contribution in [0.4, 0.5) is 0 Å². The third kappa shape index (κ3) is 3.72. The number of hydrazine groups is 1. The molecule has 0 aromatic carbocycles. The quantitative estimate of drug-likeness (QED) is 0.652. The molecule has 4 unspecified atom stereocenters. The number of hydrogen-bond donors (Lipinski definition) is 3. The second-order valence-corrected chi connectivity index (χ2v) is 7.26. The number of carbonyl (C=O) groups is 2. The molecule has 0 aliphatic carbocycles. The number of amides is 2. The zero-order valence-corrected chi connectivity index (χ0v) is 14.7. The van der Waals surface area contributed by atoms with Gasteiger partial charge in [0.25, 0.3) is 0 Å². The molecule has 3 fully saturated rings. The summed E-state index contributed by atoms with van der Waals surface area (Å²) in [5.74, 6) is -0.588. The Morgan fingerprint density at radius 1 is 1.38 bits per heavy atom. The molecule has 4 heterocycles. The highest BCUT2D eigenvalue weighted by Crippen LogP contribution is 2.27. The van der Waals surface area contributed by atoms with E-state index in [-0.39, 0.29) is 35.8 Å². The van der Waals surface area contributed by atoms with Crippen LogP contribution in [0.5, 0.6) is 0 Å².